The molecule has 1 saturated heterocycles. The SMILES string of the molecule is CC#CCN(CC1CCCNC1)C(C)C. The van der Waals surface area contributed by atoms with Crippen molar-refractivity contribution in [3.63, 3.8) is 0 Å². The van der Waals surface area contributed by atoms with E-state index in [9.17, 15) is 0 Å². The van der Waals surface area contributed by atoms with Crippen LogP contribution >= 0.6 is 0 Å². The summed E-state index contributed by atoms with van der Waals surface area (Å²) in [6, 6.07) is 0.604. The van der Waals surface area contributed by atoms with Gasteiger partial charge in [-0.05, 0) is 52.6 Å². The summed E-state index contributed by atoms with van der Waals surface area (Å²) in [5.74, 6) is 6.98. The molecule has 0 aliphatic carbocycles. The quantitative estimate of drug-likeness (QED) is 0.708. The molecule has 0 bridgehead atoms. The maximum Gasteiger partial charge on any atom is 0.0603 e. The molecule has 15 heavy (non-hydrogen) atoms. The highest BCUT2D eigenvalue weighted by Gasteiger charge is 2.17. The van der Waals surface area contributed by atoms with Crippen molar-refractivity contribution in [1.82, 2.24) is 10.2 Å². The number of hydrogen-bond acceptors (Lipinski definition) is 2. The molecule has 1 aliphatic rings. The van der Waals surface area contributed by atoms with Crippen molar-refractivity contribution in [3.05, 3.63) is 0 Å². The number of rotatable bonds is 4. The Labute approximate surface area is 94.4 Å². The average Bonchev–Trinajstić information content (AvgIpc) is 2.25. The summed E-state index contributed by atoms with van der Waals surface area (Å²) < 4.78 is 0. The standard InChI is InChI=1S/C13H24N2/c1-4-5-9-15(12(2)3)11-13-7-6-8-14-10-13/h12-14H,6-11H2,1-3H3. The third-order valence-electron chi connectivity index (χ3n) is 3.08. The zero-order valence-corrected chi connectivity index (χ0v) is 10.3. The highest BCUT2D eigenvalue weighted by atomic mass is 15.1. The van der Waals surface area contributed by atoms with Gasteiger partial charge in [-0.2, -0.15) is 0 Å². The van der Waals surface area contributed by atoms with Gasteiger partial charge in [0, 0.05) is 12.6 Å². The molecule has 0 aromatic heterocycles. The van der Waals surface area contributed by atoms with Crippen LogP contribution in [-0.2, 0) is 0 Å². The highest BCUT2D eigenvalue weighted by molar-refractivity contribution is 4.98. The molecular formula is C13H24N2. The summed E-state index contributed by atoms with van der Waals surface area (Å²) in [4.78, 5) is 2.48. The van der Waals surface area contributed by atoms with E-state index in [1.807, 2.05) is 6.92 Å². The summed E-state index contributed by atoms with van der Waals surface area (Å²) in [6.07, 6.45) is 2.70. The molecule has 1 rings (SSSR count). The number of piperidine rings is 1. The Bertz CT molecular complexity index is 218. The molecule has 0 aromatic carbocycles. The second kappa shape index (κ2) is 6.87. The van der Waals surface area contributed by atoms with Crippen molar-refractivity contribution >= 4 is 0 Å². The largest absolute Gasteiger partial charge is 0.316 e. The van der Waals surface area contributed by atoms with Gasteiger partial charge in [-0.3, -0.25) is 4.90 Å². The van der Waals surface area contributed by atoms with E-state index in [2.05, 4.69) is 35.9 Å². The molecule has 0 saturated carbocycles. The molecule has 2 heteroatoms. The zero-order chi connectivity index (χ0) is 11.1. The van der Waals surface area contributed by atoms with Crippen LogP contribution in [0.2, 0.25) is 0 Å². The van der Waals surface area contributed by atoms with Gasteiger partial charge in [0.2, 0.25) is 0 Å². The van der Waals surface area contributed by atoms with E-state index in [0.29, 0.717) is 6.04 Å². The predicted octanol–water partition coefficient (Wildman–Crippen LogP) is 1.72. The van der Waals surface area contributed by atoms with Crippen molar-refractivity contribution < 1.29 is 0 Å². The smallest absolute Gasteiger partial charge is 0.0603 e. The van der Waals surface area contributed by atoms with Crippen LogP contribution in [0.4, 0.5) is 0 Å². The van der Waals surface area contributed by atoms with Gasteiger partial charge in [-0.15, -0.1) is 5.92 Å². The molecule has 1 unspecified atom stereocenters. The van der Waals surface area contributed by atoms with Gasteiger partial charge in [0.1, 0.15) is 0 Å². The molecule has 0 spiro atoms. The first-order chi connectivity index (χ1) is 7.24. The zero-order valence-electron chi connectivity index (χ0n) is 10.3. The predicted molar refractivity (Wildman–Crippen MR) is 65.8 cm³/mol. The summed E-state index contributed by atoms with van der Waals surface area (Å²) in [6.45, 7) is 10.9. The van der Waals surface area contributed by atoms with Gasteiger partial charge in [-0.1, -0.05) is 5.92 Å². The summed E-state index contributed by atoms with van der Waals surface area (Å²) >= 11 is 0. The Kier molecular flexibility index (Phi) is 5.75. The van der Waals surface area contributed by atoms with E-state index in [-0.39, 0.29) is 0 Å². The van der Waals surface area contributed by atoms with Crippen LogP contribution in [0.3, 0.4) is 0 Å². The fourth-order valence-corrected chi connectivity index (χ4v) is 2.05. The van der Waals surface area contributed by atoms with Gasteiger partial charge >= 0.3 is 0 Å². The highest BCUT2D eigenvalue weighted by Crippen LogP contribution is 2.13. The fourth-order valence-electron chi connectivity index (χ4n) is 2.05. The monoisotopic (exact) mass is 208 g/mol. The Morgan fingerprint density at radius 1 is 1.47 bits per heavy atom. The van der Waals surface area contributed by atoms with E-state index in [1.54, 1.807) is 0 Å². The molecule has 86 valence electrons. The second-order valence-corrected chi connectivity index (χ2v) is 4.66. The van der Waals surface area contributed by atoms with Crippen LogP contribution in [0.15, 0.2) is 0 Å². The maximum absolute atomic E-state index is 3.47. The van der Waals surface area contributed by atoms with Gasteiger partial charge in [0.05, 0.1) is 6.54 Å². The van der Waals surface area contributed by atoms with Crippen molar-refractivity contribution in [2.45, 2.75) is 39.7 Å². The van der Waals surface area contributed by atoms with Gasteiger partial charge in [0.25, 0.3) is 0 Å². The van der Waals surface area contributed by atoms with E-state index < -0.39 is 0 Å². The van der Waals surface area contributed by atoms with Crippen LogP contribution in [0, 0.1) is 17.8 Å². The molecule has 2 nitrogen and oxygen atoms in total. The van der Waals surface area contributed by atoms with E-state index in [4.69, 9.17) is 0 Å². The molecule has 1 heterocycles. The Morgan fingerprint density at radius 3 is 2.80 bits per heavy atom. The molecule has 0 aromatic rings. The van der Waals surface area contributed by atoms with Crippen LogP contribution in [0.5, 0.6) is 0 Å². The van der Waals surface area contributed by atoms with Crippen molar-refractivity contribution in [2.75, 3.05) is 26.2 Å². The van der Waals surface area contributed by atoms with Gasteiger partial charge in [-0.25, -0.2) is 0 Å². The van der Waals surface area contributed by atoms with Crippen LogP contribution in [0.1, 0.15) is 33.6 Å². The lowest BCUT2D eigenvalue weighted by atomic mass is 9.98. The summed E-state index contributed by atoms with van der Waals surface area (Å²) in [5.41, 5.74) is 0. The van der Waals surface area contributed by atoms with Crippen LogP contribution in [-0.4, -0.2) is 37.1 Å². The summed E-state index contributed by atoms with van der Waals surface area (Å²) in [7, 11) is 0. The normalized spacial score (nSPS) is 21.5. The Hall–Kier alpha value is -0.520. The first kappa shape index (κ1) is 12.5. The third kappa shape index (κ3) is 4.68. The van der Waals surface area contributed by atoms with E-state index in [1.165, 1.54) is 32.5 Å². The lowest BCUT2D eigenvalue weighted by Crippen LogP contribution is -2.41. The topological polar surface area (TPSA) is 15.3 Å². The van der Waals surface area contributed by atoms with Crippen molar-refractivity contribution in [2.24, 2.45) is 5.92 Å². The van der Waals surface area contributed by atoms with Gasteiger partial charge < -0.3 is 5.32 Å². The van der Waals surface area contributed by atoms with E-state index in [0.717, 1.165) is 12.5 Å². The fraction of sp³-hybridized carbons (Fsp3) is 0.846. The van der Waals surface area contributed by atoms with Crippen molar-refractivity contribution in [1.29, 1.82) is 0 Å². The lowest BCUT2D eigenvalue weighted by molar-refractivity contribution is 0.191. The van der Waals surface area contributed by atoms with Gasteiger partial charge in [0.15, 0.2) is 0 Å². The minimum absolute atomic E-state index is 0.604. The molecular weight excluding hydrogens is 184 g/mol. The molecule has 1 aliphatic heterocycles. The van der Waals surface area contributed by atoms with E-state index >= 15 is 0 Å². The first-order valence-corrected chi connectivity index (χ1v) is 6.08. The van der Waals surface area contributed by atoms with Crippen LogP contribution < -0.4 is 5.32 Å². The lowest BCUT2D eigenvalue weighted by Gasteiger charge is -2.31. The van der Waals surface area contributed by atoms with Crippen molar-refractivity contribution in [3.8, 4) is 11.8 Å². The third-order valence-corrected chi connectivity index (χ3v) is 3.08. The average molecular weight is 208 g/mol. The molecule has 1 atom stereocenters. The maximum atomic E-state index is 3.47. The Balaban J connectivity index is 2.37. The number of nitrogens with one attached hydrogen (secondary N) is 1. The minimum atomic E-state index is 0.604. The number of hydrogen-bond donors (Lipinski definition) is 1. The molecule has 1 N–H and O–H groups in total. The molecule has 0 amide bonds. The minimum Gasteiger partial charge on any atom is -0.316 e. The summed E-state index contributed by atoms with van der Waals surface area (Å²) in [5, 5.41) is 3.47. The first-order valence-electron chi connectivity index (χ1n) is 6.08. The van der Waals surface area contributed by atoms with Crippen LogP contribution in [0.25, 0.3) is 0 Å². The second-order valence-electron chi connectivity index (χ2n) is 4.66. The number of nitrogens with zero attached hydrogens (tertiary/aromatic N) is 1. The Morgan fingerprint density at radius 2 is 2.27 bits per heavy atom. The molecule has 1 fully saturated rings. The molecule has 0 radical (unpaired) electrons.